The maximum atomic E-state index is 6.06. The molecule has 0 bridgehead atoms. The monoisotopic (exact) mass is 406 g/mol. The Morgan fingerprint density at radius 3 is 1.76 bits per heavy atom. The topological polar surface area (TPSA) is 18.5 Å². The molecule has 0 N–H and O–H groups in total. The highest BCUT2D eigenvalue weighted by atomic mass is 79.9. The largest absolute Gasteiger partial charge is 0.493 e. The van der Waals surface area contributed by atoms with E-state index in [1.54, 1.807) is 0 Å². The molecule has 0 fully saturated rings. The molecular formula is C22H31BrO2. The van der Waals surface area contributed by atoms with Crippen molar-refractivity contribution in [2.24, 2.45) is 0 Å². The summed E-state index contributed by atoms with van der Waals surface area (Å²) < 4.78 is 12.0. The molecule has 0 aliphatic rings. The highest BCUT2D eigenvalue weighted by Crippen LogP contribution is 2.33. The number of hydrogen-bond donors (Lipinski definition) is 0. The predicted octanol–water partition coefficient (Wildman–Crippen LogP) is 7.13. The second-order valence-electron chi connectivity index (χ2n) is 6.47. The first-order valence-electron chi connectivity index (χ1n) is 9.70. The van der Waals surface area contributed by atoms with Crippen LogP contribution in [0.25, 0.3) is 10.8 Å². The zero-order valence-electron chi connectivity index (χ0n) is 15.4. The second-order valence-corrected chi connectivity index (χ2v) is 7.26. The van der Waals surface area contributed by atoms with Crippen LogP contribution in [0.1, 0.15) is 58.3 Å². The number of hydrogen-bond acceptors (Lipinski definition) is 2. The highest BCUT2D eigenvalue weighted by Gasteiger charge is 2.07. The predicted molar refractivity (Wildman–Crippen MR) is 111 cm³/mol. The molecule has 2 aromatic rings. The molecule has 0 aromatic heterocycles. The van der Waals surface area contributed by atoms with E-state index in [0.29, 0.717) is 0 Å². The van der Waals surface area contributed by atoms with Crippen LogP contribution in [0.2, 0.25) is 0 Å². The lowest BCUT2D eigenvalue weighted by molar-refractivity contribution is 0.303. The standard InChI is InChI=1S/C22H31BrO2/c1-2-3-4-5-6-10-17-24-21-14-15-22(25-18-11-9-16-23)20-13-8-7-12-19(20)21/h7-8,12-15H,2-6,9-11,16-18H2,1H3. The normalized spacial score (nSPS) is 11.0. The maximum absolute atomic E-state index is 6.06. The van der Waals surface area contributed by atoms with Gasteiger partial charge in [0, 0.05) is 16.1 Å². The summed E-state index contributed by atoms with van der Waals surface area (Å²) in [6.07, 6.45) is 9.90. The van der Waals surface area contributed by atoms with Crippen molar-refractivity contribution in [3.05, 3.63) is 36.4 Å². The van der Waals surface area contributed by atoms with E-state index in [4.69, 9.17) is 9.47 Å². The number of halogens is 1. The Balaban J connectivity index is 1.90. The van der Waals surface area contributed by atoms with E-state index in [1.165, 1.54) is 32.1 Å². The SMILES string of the molecule is CCCCCCCCOc1ccc(OCCCCBr)c2ccccc12. The Morgan fingerprint density at radius 2 is 1.20 bits per heavy atom. The first-order valence-corrected chi connectivity index (χ1v) is 10.8. The zero-order chi connectivity index (χ0) is 17.7. The van der Waals surface area contributed by atoms with Gasteiger partial charge >= 0.3 is 0 Å². The summed E-state index contributed by atoms with van der Waals surface area (Å²) in [7, 11) is 0. The third-order valence-electron chi connectivity index (χ3n) is 4.39. The Bertz CT molecular complexity index is 612. The number of alkyl halides is 1. The van der Waals surface area contributed by atoms with Gasteiger partial charge in [0.05, 0.1) is 13.2 Å². The fourth-order valence-corrected chi connectivity index (χ4v) is 3.34. The molecule has 2 rings (SSSR count). The van der Waals surface area contributed by atoms with Crippen LogP contribution in [0.3, 0.4) is 0 Å². The Labute approximate surface area is 161 Å². The van der Waals surface area contributed by atoms with Gasteiger partial charge in [0.1, 0.15) is 11.5 Å². The molecule has 2 aromatic carbocycles. The molecule has 0 atom stereocenters. The van der Waals surface area contributed by atoms with Gasteiger partial charge < -0.3 is 9.47 Å². The summed E-state index contributed by atoms with van der Waals surface area (Å²) in [4.78, 5) is 0. The number of ether oxygens (including phenoxy) is 2. The van der Waals surface area contributed by atoms with Gasteiger partial charge in [-0.25, -0.2) is 0 Å². The number of unbranched alkanes of at least 4 members (excludes halogenated alkanes) is 6. The first-order chi connectivity index (χ1) is 12.4. The molecule has 0 saturated heterocycles. The smallest absolute Gasteiger partial charge is 0.127 e. The third kappa shape index (κ3) is 6.89. The van der Waals surface area contributed by atoms with Gasteiger partial charge in [-0.05, 0) is 31.4 Å². The van der Waals surface area contributed by atoms with Crippen LogP contribution >= 0.6 is 15.9 Å². The van der Waals surface area contributed by atoms with Crippen LogP contribution in [0.4, 0.5) is 0 Å². The van der Waals surface area contributed by atoms with E-state index in [-0.39, 0.29) is 0 Å². The lowest BCUT2D eigenvalue weighted by atomic mass is 10.1. The van der Waals surface area contributed by atoms with E-state index < -0.39 is 0 Å². The Morgan fingerprint density at radius 1 is 0.680 bits per heavy atom. The molecule has 138 valence electrons. The van der Waals surface area contributed by atoms with Gasteiger partial charge in [0.25, 0.3) is 0 Å². The van der Waals surface area contributed by atoms with Gasteiger partial charge in [-0.3, -0.25) is 0 Å². The molecule has 3 heteroatoms. The van der Waals surface area contributed by atoms with Crippen LogP contribution in [-0.4, -0.2) is 18.5 Å². The zero-order valence-corrected chi connectivity index (χ0v) is 17.0. The van der Waals surface area contributed by atoms with Crippen molar-refractivity contribution in [2.75, 3.05) is 18.5 Å². The number of fused-ring (bicyclic) bond motifs is 1. The summed E-state index contributed by atoms with van der Waals surface area (Å²) in [5.74, 6) is 1.93. The maximum Gasteiger partial charge on any atom is 0.127 e. The van der Waals surface area contributed by atoms with Crippen LogP contribution in [0.15, 0.2) is 36.4 Å². The molecule has 0 spiro atoms. The minimum Gasteiger partial charge on any atom is -0.493 e. The molecular weight excluding hydrogens is 376 g/mol. The minimum absolute atomic E-state index is 0.757. The van der Waals surface area contributed by atoms with Gasteiger partial charge in [0.15, 0.2) is 0 Å². The van der Waals surface area contributed by atoms with Crippen LogP contribution in [0.5, 0.6) is 11.5 Å². The van der Waals surface area contributed by atoms with E-state index in [2.05, 4.69) is 53.2 Å². The van der Waals surface area contributed by atoms with Crippen molar-refractivity contribution in [2.45, 2.75) is 58.3 Å². The fourth-order valence-electron chi connectivity index (χ4n) is 2.94. The van der Waals surface area contributed by atoms with Gasteiger partial charge in [0.2, 0.25) is 0 Å². The molecule has 0 unspecified atom stereocenters. The molecule has 0 radical (unpaired) electrons. The van der Waals surface area contributed by atoms with Crippen LogP contribution < -0.4 is 9.47 Å². The molecule has 25 heavy (non-hydrogen) atoms. The minimum atomic E-state index is 0.757. The molecule has 0 aliphatic heterocycles. The number of benzene rings is 2. The van der Waals surface area contributed by atoms with Crippen LogP contribution in [-0.2, 0) is 0 Å². The highest BCUT2D eigenvalue weighted by molar-refractivity contribution is 9.09. The summed E-state index contributed by atoms with van der Waals surface area (Å²) >= 11 is 3.46. The molecule has 0 amide bonds. The quantitative estimate of drug-likeness (QED) is 0.260. The molecule has 0 heterocycles. The van der Waals surface area contributed by atoms with Gasteiger partial charge in [-0.2, -0.15) is 0 Å². The Hall–Kier alpha value is -1.22. The number of rotatable bonds is 13. The van der Waals surface area contributed by atoms with E-state index >= 15 is 0 Å². The second kappa shape index (κ2) is 12.2. The van der Waals surface area contributed by atoms with E-state index in [1.807, 2.05) is 6.07 Å². The van der Waals surface area contributed by atoms with Gasteiger partial charge in [-0.1, -0.05) is 79.2 Å². The van der Waals surface area contributed by atoms with Crippen molar-refractivity contribution < 1.29 is 9.47 Å². The summed E-state index contributed by atoms with van der Waals surface area (Å²) in [6.45, 7) is 3.80. The average Bonchev–Trinajstić information content (AvgIpc) is 2.65. The summed E-state index contributed by atoms with van der Waals surface area (Å²) in [5.41, 5.74) is 0. The first kappa shape index (κ1) is 20.1. The van der Waals surface area contributed by atoms with Crippen molar-refractivity contribution in [1.29, 1.82) is 0 Å². The van der Waals surface area contributed by atoms with Crippen molar-refractivity contribution in [3.8, 4) is 11.5 Å². The van der Waals surface area contributed by atoms with Crippen molar-refractivity contribution in [3.63, 3.8) is 0 Å². The van der Waals surface area contributed by atoms with E-state index in [0.717, 1.165) is 60.1 Å². The van der Waals surface area contributed by atoms with Crippen molar-refractivity contribution in [1.82, 2.24) is 0 Å². The van der Waals surface area contributed by atoms with Crippen molar-refractivity contribution >= 4 is 26.7 Å². The fraction of sp³-hybridized carbons (Fsp3) is 0.545. The summed E-state index contributed by atoms with van der Waals surface area (Å²) in [5, 5.41) is 3.32. The lowest BCUT2D eigenvalue weighted by Gasteiger charge is -2.13. The molecule has 0 aliphatic carbocycles. The van der Waals surface area contributed by atoms with E-state index in [9.17, 15) is 0 Å². The molecule has 0 saturated carbocycles. The lowest BCUT2D eigenvalue weighted by Crippen LogP contribution is -2.00. The van der Waals surface area contributed by atoms with Gasteiger partial charge in [-0.15, -0.1) is 0 Å². The summed E-state index contributed by atoms with van der Waals surface area (Å²) in [6, 6.07) is 12.5. The van der Waals surface area contributed by atoms with Crippen LogP contribution in [0, 0.1) is 0 Å². The average molecular weight is 407 g/mol. The molecule has 2 nitrogen and oxygen atoms in total. The Kier molecular flexibility index (Phi) is 9.79. The third-order valence-corrected chi connectivity index (χ3v) is 4.95.